The van der Waals surface area contributed by atoms with Gasteiger partial charge in [0.1, 0.15) is 27.8 Å². The minimum absolute atomic E-state index is 0.261. The second-order valence-electron chi connectivity index (χ2n) is 9.04. The highest BCUT2D eigenvalue weighted by Crippen LogP contribution is 2.46. The number of azo groups is 1. The molecule has 4 aromatic carbocycles. The maximum absolute atomic E-state index is 12.4. The van der Waals surface area contributed by atoms with Crippen molar-refractivity contribution in [2.24, 2.45) is 10.2 Å². The van der Waals surface area contributed by atoms with Crippen molar-refractivity contribution in [3.8, 4) is 34.6 Å². The van der Waals surface area contributed by atoms with Crippen LogP contribution < -0.4 is 4.74 Å². The molecule has 0 aliphatic heterocycles. The molecule has 0 saturated heterocycles. The fourth-order valence-electron chi connectivity index (χ4n) is 4.02. The van der Waals surface area contributed by atoms with Crippen LogP contribution in [0.25, 0.3) is 22.2 Å². The summed E-state index contributed by atoms with van der Waals surface area (Å²) in [7, 11) is -15.1. The normalized spacial score (nSPS) is 12.5. The first-order chi connectivity index (χ1) is 21.4. The Balaban J connectivity index is 1.81. The van der Waals surface area contributed by atoms with E-state index in [-0.39, 0.29) is 11.3 Å². The molecule has 1 heterocycles. The van der Waals surface area contributed by atoms with E-state index in [1.165, 1.54) is 0 Å². The summed E-state index contributed by atoms with van der Waals surface area (Å²) in [5, 5.41) is 27.4. The summed E-state index contributed by atoms with van der Waals surface area (Å²) in [6.45, 7) is 0. The third-order valence-corrected chi connectivity index (χ3v) is 8.70. The number of phenolic OH excluding ortho intramolecular Hbond substituents is 2. The van der Waals surface area contributed by atoms with Crippen molar-refractivity contribution < 1.29 is 53.9 Å². The first kappa shape index (κ1) is 32.6. The van der Waals surface area contributed by atoms with Crippen LogP contribution in [0.3, 0.4) is 0 Å². The van der Waals surface area contributed by atoms with Crippen LogP contribution in [-0.4, -0.2) is 64.1 Å². The Morgan fingerprint density at radius 2 is 1.39 bits per heavy atom. The van der Waals surface area contributed by atoms with Crippen LogP contribution in [-0.2, 0) is 30.4 Å². The molecule has 1 aromatic heterocycles. The van der Waals surface area contributed by atoms with E-state index in [4.69, 9.17) is 16.3 Å². The van der Waals surface area contributed by atoms with Gasteiger partial charge in [0.2, 0.25) is 5.28 Å². The van der Waals surface area contributed by atoms with Crippen LogP contribution in [0.1, 0.15) is 0 Å². The average molecular weight is 710 g/mol. The van der Waals surface area contributed by atoms with E-state index in [1.807, 2.05) is 0 Å². The molecule has 0 bridgehead atoms. The summed E-state index contributed by atoms with van der Waals surface area (Å²) in [6, 6.07) is 12.3. The number of benzene rings is 4. The monoisotopic (exact) mass is 709 g/mol. The summed E-state index contributed by atoms with van der Waals surface area (Å²) in [5.41, 5.74) is -1.99. The number of para-hydroxylation sites is 1. The second-order valence-corrected chi connectivity index (χ2v) is 13.6. The van der Waals surface area contributed by atoms with Crippen LogP contribution in [0.4, 0.5) is 11.4 Å². The second kappa shape index (κ2) is 11.8. The number of ether oxygens (including phenoxy) is 1. The van der Waals surface area contributed by atoms with Gasteiger partial charge in [-0.15, -0.1) is 10.2 Å². The van der Waals surface area contributed by atoms with Gasteiger partial charge in [0.05, 0.1) is 9.79 Å². The number of halogens is 1. The van der Waals surface area contributed by atoms with E-state index < -0.39 is 95.8 Å². The lowest BCUT2D eigenvalue weighted by atomic mass is 10.0. The van der Waals surface area contributed by atoms with Crippen molar-refractivity contribution in [1.82, 2.24) is 15.0 Å². The van der Waals surface area contributed by atoms with Gasteiger partial charge in [-0.25, -0.2) is 0 Å². The lowest BCUT2D eigenvalue weighted by Gasteiger charge is -2.14. The van der Waals surface area contributed by atoms with Crippen molar-refractivity contribution in [3.05, 3.63) is 72.0 Å². The molecule has 17 nitrogen and oxygen atoms in total. The van der Waals surface area contributed by atoms with Gasteiger partial charge in [0, 0.05) is 10.9 Å². The standard InChI is InChI=1S/C25H16ClN5O12S3/c26-24-27-23(28-25(29-24)43-13-4-2-1-3-5-13)16-10-15(45(37,38)39)8-12-9-19(46(40,41)42)21(22(33)20(12)16)31-30-17-11-14(44(34,35)36)6-7-18(17)32/h1-11,32-33H,(H,34,35,36)(H,37,38,39)(H,40,41,42). The molecule has 21 heteroatoms. The summed E-state index contributed by atoms with van der Waals surface area (Å²) in [5.74, 6) is -1.94. The fraction of sp³-hybridized carbons (Fsp3) is 0. The molecule has 0 aliphatic carbocycles. The number of nitrogens with zero attached hydrogens (tertiary/aromatic N) is 5. The zero-order chi connectivity index (χ0) is 33.6. The predicted octanol–water partition coefficient (Wildman–Crippen LogP) is 4.70. The van der Waals surface area contributed by atoms with Gasteiger partial charge in [-0.05, 0) is 65.5 Å². The average Bonchev–Trinajstić information content (AvgIpc) is 2.95. The molecule has 0 radical (unpaired) electrons. The van der Waals surface area contributed by atoms with E-state index in [2.05, 4.69) is 25.2 Å². The van der Waals surface area contributed by atoms with Crippen molar-refractivity contribution in [3.63, 3.8) is 0 Å². The molecule has 5 rings (SSSR count). The van der Waals surface area contributed by atoms with Crippen LogP contribution in [0.2, 0.25) is 5.28 Å². The Morgan fingerprint density at radius 3 is 2.02 bits per heavy atom. The molecule has 0 spiro atoms. The Bertz CT molecular complexity index is 2410. The van der Waals surface area contributed by atoms with Crippen molar-refractivity contribution in [2.75, 3.05) is 0 Å². The van der Waals surface area contributed by atoms with E-state index in [0.717, 1.165) is 24.3 Å². The van der Waals surface area contributed by atoms with E-state index >= 15 is 0 Å². The first-order valence-electron chi connectivity index (χ1n) is 12.1. The smallest absolute Gasteiger partial charge is 0.326 e. The van der Waals surface area contributed by atoms with E-state index in [0.29, 0.717) is 12.1 Å². The third-order valence-electron chi connectivity index (χ3n) is 5.98. The Labute approximate surface area is 263 Å². The Hall–Kier alpha value is -4.83. The van der Waals surface area contributed by atoms with Gasteiger partial charge in [0.25, 0.3) is 30.4 Å². The highest BCUT2D eigenvalue weighted by atomic mass is 35.5. The number of phenols is 2. The Kier molecular flexibility index (Phi) is 8.38. The zero-order valence-electron chi connectivity index (χ0n) is 22.3. The number of hydrogen-bond donors (Lipinski definition) is 5. The zero-order valence-corrected chi connectivity index (χ0v) is 25.5. The molecular weight excluding hydrogens is 694 g/mol. The van der Waals surface area contributed by atoms with Gasteiger partial charge in [-0.2, -0.15) is 40.2 Å². The summed E-state index contributed by atoms with van der Waals surface area (Å²) < 4.78 is 107. The quantitative estimate of drug-likeness (QED) is 0.108. The van der Waals surface area contributed by atoms with E-state index in [1.54, 1.807) is 30.3 Å². The Morgan fingerprint density at radius 1 is 0.717 bits per heavy atom. The van der Waals surface area contributed by atoms with Gasteiger partial charge >= 0.3 is 6.01 Å². The number of aromatic hydroxyl groups is 2. The largest absolute Gasteiger partial charge is 0.506 e. The minimum atomic E-state index is -5.27. The first-order valence-corrected chi connectivity index (χ1v) is 16.8. The molecule has 5 aromatic rings. The number of rotatable bonds is 8. The lowest BCUT2D eigenvalue weighted by molar-refractivity contribution is 0.440. The van der Waals surface area contributed by atoms with Gasteiger partial charge < -0.3 is 14.9 Å². The van der Waals surface area contributed by atoms with Crippen LogP contribution in [0, 0.1) is 0 Å². The highest BCUT2D eigenvalue weighted by molar-refractivity contribution is 7.86. The van der Waals surface area contributed by atoms with Crippen LogP contribution in [0.15, 0.2) is 91.6 Å². The molecule has 5 N–H and O–H groups in total. The SMILES string of the molecule is O=S(=O)(O)c1ccc(O)c(N=Nc2c(S(=O)(=O)O)cc3cc(S(=O)(=O)O)cc(-c4nc(Cl)nc(Oc5ccccc5)n4)c3c2O)c1. The number of aromatic nitrogens is 3. The van der Waals surface area contributed by atoms with Gasteiger partial charge in [0.15, 0.2) is 11.6 Å². The highest BCUT2D eigenvalue weighted by Gasteiger charge is 2.27. The number of fused-ring (bicyclic) bond motifs is 1. The molecular formula is C25H16ClN5O12S3. The lowest BCUT2D eigenvalue weighted by Crippen LogP contribution is -2.03. The summed E-state index contributed by atoms with van der Waals surface area (Å²) >= 11 is 6.08. The maximum atomic E-state index is 12.4. The van der Waals surface area contributed by atoms with E-state index in [9.17, 15) is 49.1 Å². The summed E-state index contributed by atoms with van der Waals surface area (Å²) in [4.78, 5) is 9.21. The molecule has 0 saturated carbocycles. The minimum Gasteiger partial charge on any atom is -0.506 e. The summed E-state index contributed by atoms with van der Waals surface area (Å²) in [6.07, 6.45) is 0. The van der Waals surface area contributed by atoms with Gasteiger partial charge in [-0.1, -0.05) is 18.2 Å². The molecule has 0 amide bonds. The van der Waals surface area contributed by atoms with Gasteiger partial charge in [-0.3, -0.25) is 13.7 Å². The van der Waals surface area contributed by atoms with Crippen LogP contribution in [0.5, 0.6) is 23.3 Å². The molecule has 238 valence electrons. The number of hydrogen-bond acceptors (Lipinski definition) is 14. The third kappa shape index (κ3) is 6.87. The molecule has 0 aliphatic rings. The predicted molar refractivity (Wildman–Crippen MR) is 158 cm³/mol. The topological polar surface area (TPSA) is 276 Å². The molecule has 46 heavy (non-hydrogen) atoms. The maximum Gasteiger partial charge on any atom is 0.326 e. The van der Waals surface area contributed by atoms with Crippen LogP contribution >= 0.6 is 11.6 Å². The van der Waals surface area contributed by atoms with Crippen molar-refractivity contribution in [1.29, 1.82) is 0 Å². The fourth-order valence-corrected chi connectivity index (χ4v) is 5.87. The molecule has 0 unspecified atom stereocenters. The van der Waals surface area contributed by atoms with Crippen molar-refractivity contribution >= 4 is 64.1 Å². The molecule has 0 fully saturated rings. The van der Waals surface area contributed by atoms with Crippen molar-refractivity contribution in [2.45, 2.75) is 14.7 Å². The molecule has 0 atom stereocenters.